The molecular formula is C20H27N. The topological polar surface area (TPSA) is 12.0 Å². The molecule has 0 heterocycles. The Morgan fingerprint density at radius 2 is 1.48 bits per heavy atom. The maximum absolute atomic E-state index is 3.44. The van der Waals surface area contributed by atoms with Gasteiger partial charge < -0.3 is 5.32 Å². The first-order chi connectivity index (χ1) is 10.0. The Balaban J connectivity index is 2.26. The third kappa shape index (κ3) is 3.95. The summed E-state index contributed by atoms with van der Waals surface area (Å²) < 4.78 is 0. The van der Waals surface area contributed by atoms with E-state index < -0.39 is 0 Å². The molecule has 1 atom stereocenters. The van der Waals surface area contributed by atoms with E-state index in [1.54, 1.807) is 0 Å². The largest absolute Gasteiger partial charge is 0.309 e. The molecule has 0 aromatic heterocycles. The molecule has 112 valence electrons. The Labute approximate surface area is 129 Å². The van der Waals surface area contributed by atoms with Crippen LogP contribution in [0.2, 0.25) is 0 Å². The Morgan fingerprint density at radius 1 is 0.857 bits per heavy atom. The van der Waals surface area contributed by atoms with Crippen LogP contribution in [-0.2, 0) is 6.42 Å². The van der Waals surface area contributed by atoms with Crippen molar-refractivity contribution in [3.05, 3.63) is 70.3 Å². The van der Waals surface area contributed by atoms with Crippen molar-refractivity contribution in [1.82, 2.24) is 5.32 Å². The van der Waals surface area contributed by atoms with Crippen molar-refractivity contribution in [2.24, 2.45) is 5.92 Å². The molecule has 0 aliphatic rings. The van der Waals surface area contributed by atoms with Crippen LogP contribution in [0.3, 0.4) is 0 Å². The Kier molecular flexibility index (Phi) is 5.19. The number of benzene rings is 2. The normalized spacial score (nSPS) is 12.7. The van der Waals surface area contributed by atoms with Crippen LogP contribution in [0.15, 0.2) is 42.5 Å². The fourth-order valence-corrected chi connectivity index (χ4v) is 2.79. The van der Waals surface area contributed by atoms with E-state index in [0.29, 0.717) is 5.92 Å². The van der Waals surface area contributed by atoms with Crippen LogP contribution in [0.1, 0.15) is 47.7 Å². The molecule has 0 radical (unpaired) electrons. The molecular weight excluding hydrogens is 254 g/mol. The molecule has 0 aliphatic carbocycles. The second-order valence-electron chi connectivity index (χ2n) is 6.40. The van der Waals surface area contributed by atoms with E-state index in [2.05, 4.69) is 75.5 Å². The fourth-order valence-electron chi connectivity index (χ4n) is 2.79. The van der Waals surface area contributed by atoms with Crippen LogP contribution in [0, 0.1) is 19.8 Å². The Hall–Kier alpha value is -1.60. The first-order valence-electron chi connectivity index (χ1n) is 7.84. The fraction of sp³-hybridized carbons (Fsp3) is 0.400. The summed E-state index contributed by atoms with van der Waals surface area (Å²) in [5, 5.41) is 3.44. The van der Waals surface area contributed by atoms with Crippen molar-refractivity contribution in [3.8, 4) is 0 Å². The van der Waals surface area contributed by atoms with Crippen molar-refractivity contribution < 1.29 is 0 Å². The standard InChI is InChI=1S/C20H27N/c1-14(2)12-17-7-10-18(11-8-17)20(21-5)19-9-6-15(3)16(4)13-19/h6-11,13-14,20-21H,12H2,1-5H3. The zero-order chi connectivity index (χ0) is 15.4. The number of hydrogen-bond donors (Lipinski definition) is 1. The molecule has 0 amide bonds. The number of rotatable bonds is 5. The van der Waals surface area contributed by atoms with Gasteiger partial charge in [-0.25, -0.2) is 0 Å². The average molecular weight is 281 g/mol. The molecule has 0 saturated heterocycles. The molecule has 0 fully saturated rings. The number of hydrogen-bond acceptors (Lipinski definition) is 1. The number of aryl methyl sites for hydroxylation is 2. The van der Waals surface area contributed by atoms with E-state index in [0.717, 1.165) is 6.42 Å². The molecule has 21 heavy (non-hydrogen) atoms. The van der Waals surface area contributed by atoms with Crippen molar-refractivity contribution in [3.63, 3.8) is 0 Å². The summed E-state index contributed by atoms with van der Waals surface area (Å²) in [6, 6.07) is 16.0. The van der Waals surface area contributed by atoms with Gasteiger partial charge in [-0.05, 0) is 61.1 Å². The lowest BCUT2D eigenvalue weighted by atomic mass is 9.94. The first kappa shape index (κ1) is 15.8. The van der Waals surface area contributed by atoms with Gasteiger partial charge >= 0.3 is 0 Å². The summed E-state index contributed by atoms with van der Waals surface area (Å²) in [6.45, 7) is 8.87. The van der Waals surface area contributed by atoms with E-state index in [9.17, 15) is 0 Å². The van der Waals surface area contributed by atoms with E-state index in [4.69, 9.17) is 0 Å². The van der Waals surface area contributed by atoms with Gasteiger partial charge in [0.05, 0.1) is 6.04 Å². The Bertz CT molecular complexity index is 581. The first-order valence-corrected chi connectivity index (χ1v) is 7.84. The van der Waals surface area contributed by atoms with E-state index >= 15 is 0 Å². The molecule has 1 unspecified atom stereocenters. The van der Waals surface area contributed by atoms with E-state index in [-0.39, 0.29) is 6.04 Å². The summed E-state index contributed by atoms with van der Waals surface area (Å²) in [4.78, 5) is 0. The molecule has 1 nitrogen and oxygen atoms in total. The van der Waals surface area contributed by atoms with E-state index in [1.165, 1.54) is 27.8 Å². The van der Waals surface area contributed by atoms with Crippen LogP contribution in [0.4, 0.5) is 0 Å². The molecule has 1 N–H and O–H groups in total. The zero-order valence-corrected chi connectivity index (χ0v) is 13.9. The minimum atomic E-state index is 0.261. The van der Waals surface area contributed by atoms with Gasteiger partial charge in [-0.2, -0.15) is 0 Å². The summed E-state index contributed by atoms with van der Waals surface area (Å²) in [5.74, 6) is 0.704. The SMILES string of the molecule is CNC(c1ccc(CC(C)C)cc1)c1ccc(C)c(C)c1. The predicted octanol–water partition coefficient (Wildman–Crippen LogP) is 4.81. The molecule has 0 spiro atoms. The molecule has 2 aromatic rings. The van der Waals surface area contributed by atoms with Crippen LogP contribution in [0.25, 0.3) is 0 Å². The predicted molar refractivity (Wildman–Crippen MR) is 91.8 cm³/mol. The molecule has 0 saturated carbocycles. The summed E-state index contributed by atoms with van der Waals surface area (Å²) in [7, 11) is 2.03. The van der Waals surface area contributed by atoms with Crippen LogP contribution >= 0.6 is 0 Å². The minimum Gasteiger partial charge on any atom is -0.309 e. The summed E-state index contributed by atoms with van der Waals surface area (Å²) in [6.07, 6.45) is 1.15. The molecule has 0 bridgehead atoms. The minimum absolute atomic E-state index is 0.261. The highest BCUT2D eigenvalue weighted by Crippen LogP contribution is 2.24. The van der Waals surface area contributed by atoms with Gasteiger partial charge in [0.2, 0.25) is 0 Å². The van der Waals surface area contributed by atoms with Gasteiger partial charge in [0, 0.05) is 0 Å². The highest BCUT2D eigenvalue weighted by atomic mass is 14.9. The lowest BCUT2D eigenvalue weighted by Gasteiger charge is -2.19. The van der Waals surface area contributed by atoms with Gasteiger partial charge in [-0.1, -0.05) is 56.3 Å². The maximum atomic E-state index is 3.44. The monoisotopic (exact) mass is 281 g/mol. The lowest BCUT2D eigenvalue weighted by molar-refractivity contribution is 0.645. The lowest BCUT2D eigenvalue weighted by Crippen LogP contribution is -2.17. The quantitative estimate of drug-likeness (QED) is 0.829. The molecule has 0 aliphatic heterocycles. The smallest absolute Gasteiger partial charge is 0.0574 e. The molecule has 2 rings (SSSR count). The second-order valence-corrected chi connectivity index (χ2v) is 6.40. The second kappa shape index (κ2) is 6.91. The van der Waals surface area contributed by atoms with Gasteiger partial charge in [-0.3, -0.25) is 0 Å². The highest BCUT2D eigenvalue weighted by molar-refractivity contribution is 5.38. The van der Waals surface area contributed by atoms with Crippen LogP contribution in [-0.4, -0.2) is 7.05 Å². The van der Waals surface area contributed by atoms with Crippen LogP contribution in [0.5, 0.6) is 0 Å². The molecule has 1 heteroatoms. The average Bonchev–Trinajstić information content (AvgIpc) is 2.45. The zero-order valence-electron chi connectivity index (χ0n) is 13.9. The Morgan fingerprint density at radius 3 is 2.00 bits per heavy atom. The van der Waals surface area contributed by atoms with Gasteiger partial charge in [0.1, 0.15) is 0 Å². The third-order valence-electron chi connectivity index (χ3n) is 4.11. The van der Waals surface area contributed by atoms with Crippen molar-refractivity contribution in [2.75, 3.05) is 7.05 Å². The number of nitrogens with one attached hydrogen (secondary N) is 1. The van der Waals surface area contributed by atoms with Gasteiger partial charge in [0.15, 0.2) is 0 Å². The van der Waals surface area contributed by atoms with Crippen molar-refractivity contribution >= 4 is 0 Å². The maximum Gasteiger partial charge on any atom is 0.0574 e. The van der Waals surface area contributed by atoms with Crippen LogP contribution < -0.4 is 5.32 Å². The highest BCUT2D eigenvalue weighted by Gasteiger charge is 2.12. The van der Waals surface area contributed by atoms with Crippen molar-refractivity contribution in [1.29, 1.82) is 0 Å². The summed E-state index contributed by atoms with van der Waals surface area (Å²) in [5.41, 5.74) is 6.78. The molecule has 2 aromatic carbocycles. The van der Waals surface area contributed by atoms with Gasteiger partial charge in [-0.15, -0.1) is 0 Å². The van der Waals surface area contributed by atoms with Gasteiger partial charge in [0.25, 0.3) is 0 Å². The van der Waals surface area contributed by atoms with Crippen molar-refractivity contribution in [2.45, 2.75) is 40.2 Å². The summed E-state index contributed by atoms with van der Waals surface area (Å²) >= 11 is 0. The van der Waals surface area contributed by atoms with E-state index in [1.807, 2.05) is 7.05 Å². The third-order valence-corrected chi connectivity index (χ3v) is 4.11.